The molecule has 106 valence electrons. The lowest BCUT2D eigenvalue weighted by Gasteiger charge is -2.32. The molecule has 19 heavy (non-hydrogen) atoms. The van der Waals surface area contributed by atoms with Crippen molar-refractivity contribution in [2.75, 3.05) is 20.8 Å². The van der Waals surface area contributed by atoms with Crippen molar-refractivity contribution >= 4 is 11.6 Å². The van der Waals surface area contributed by atoms with Gasteiger partial charge in [0.15, 0.2) is 11.5 Å². The lowest BCUT2D eigenvalue weighted by molar-refractivity contribution is 0.336. The number of rotatable bonds is 4. The number of ether oxygens (including phenoxy) is 2. The van der Waals surface area contributed by atoms with Crippen molar-refractivity contribution in [2.24, 2.45) is 5.73 Å². The summed E-state index contributed by atoms with van der Waals surface area (Å²) in [5.74, 6) is 1.48. The minimum Gasteiger partial charge on any atom is -0.493 e. The fourth-order valence-electron chi connectivity index (χ4n) is 3.30. The van der Waals surface area contributed by atoms with Crippen molar-refractivity contribution in [1.82, 2.24) is 0 Å². The minimum absolute atomic E-state index is 0.0202. The molecular weight excluding hydrogens is 262 g/mol. The smallest absolute Gasteiger partial charge is 0.164 e. The van der Waals surface area contributed by atoms with Crippen molar-refractivity contribution in [2.45, 2.75) is 38.0 Å². The van der Waals surface area contributed by atoms with Crippen LogP contribution in [0.4, 0.5) is 0 Å². The topological polar surface area (TPSA) is 44.5 Å². The van der Waals surface area contributed by atoms with Crippen LogP contribution in [0.2, 0.25) is 5.02 Å². The normalized spacial score (nSPS) is 17.5. The van der Waals surface area contributed by atoms with E-state index in [0.29, 0.717) is 17.3 Å². The van der Waals surface area contributed by atoms with Crippen molar-refractivity contribution in [3.63, 3.8) is 0 Å². The molecule has 0 bridgehead atoms. The van der Waals surface area contributed by atoms with Gasteiger partial charge in [0, 0.05) is 28.6 Å². The molecule has 1 saturated carbocycles. The van der Waals surface area contributed by atoms with E-state index in [4.69, 9.17) is 26.8 Å². The number of halogens is 1. The predicted molar refractivity (Wildman–Crippen MR) is 78.5 cm³/mol. The second kappa shape index (κ2) is 5.59. The van der Waals surface area contributed by atoms with E-state index < -0.39 is 0 Å². The van der Waals surface area contributed by atoms with Crippen LogP contribution >= 0.6 is 11.6 Å². The summed E-state index contributed by atoms with van der Waals surface area (Å²) < 4.78 is 11.0. The molecule has 3 nitrogen and oxygen atoms in total. The molecule has 0 radical (unpaired) electrons. The summed E-state index contributed by atoms with van der Waals surface area (Å²) in [7, 11) is 3.31. The molecule has 4 heteroatoms. The van der Waals surface area contributed by atoms with Gasteiger partial charge in [-0.3, -0.25) is 0 Å². The van der Waals surface area contributed by atoms with E-state index in [-0.39, 0.29) is 5.41 Å². The summed E-state index contributed by atoms with van der Waals surface area (Å²) in [6, 6.07) is 1.82. The first-order valence-corrected chi connectivity index (χ1v) is 7.09. The monoisotopic (exact) mass is 283 g/mol. The summed E-state index contributed by atoms with van der Waals surface area (Å²) in [6.45, 7) is 2.66. The molecule has 0 aromatic heterocycles. The molecule has 2 rings (SSSR count). The van der Waals surface area contributed by atoms with Gasteiger partial charge in [0.2, 0.25) is 0 Å². The van der Waals surface area contributed by atoms with Crippen LogP contribution in [0.25, 0.3) is 0 Å². The summed E-state index contributed by atoms with van der Waals surface area (Å²) >= 11 is 6.35. The first-order chi connectivity index (χ1) is 9.09. The number of benzene rings is 1. The van der Waals surface area contributed by atoms with Gasteiger partial charge in [-0.05, 0) is 25.3 Å². The maximum atomic E-state index is 6.35. The van der Waals surface area contributed by atoms with E-state index in [1.807, 2.05) is 13.0 Å². The van der Waals surface area contributed by atoms with Gasteiger partial charge < -0.3 is 15.2 Å². The maximum absolute atomic E-state index is 6.35. The number of hydrogen-bond acceptors (Lipinski definition) is 3. The number of nitrogens with two attached hydrogens (primary N) is 1. The highest BCUT2D eigenvalue weighted by molar-refractivity contribution is 6.31. The number of methoxy groups -OCH3 is 2. The fourth-order valence-corrected chi connectivity index (χ4v) is 3.50. The zero-order chi connectivity index (χ0) is 14.0. The van der Waals surface area contributed by atoms with Crippen LogP contribution < -0.4 is 15.2 Å². The standard InChI is InChI=1S/C15H22ClNO2/c1-10-11(16)8-12(18-2)14(19-3)13(10)15(9-17)6-4-5-7-15/h8H,4-7,9,17H2,1-3H3. The minimum atomic E-state index is -0.0202. The van der Waals surface area contributed by atoms with E-state index in [1.165, 1.54) is 12.8 Å². The van der Waals surface area contributed by atoms with E-state index in [2.05, 4.69) is 0 Å². The Morgan fingerprint density at radius 3 is 2.37 bits per heavy atom. The molecule has 0 heterocycles. The molecule has 0 aliphatic heterocycles. The van der Waals surface area contributed by atoms with Crippen LogP contribution in [0, 0.1) is 6.92 Å². The highest BCUT2D eigenvalue weighted by Gasteiger charge is 2.39. The Morgan fingerprint density at radius 2 is 1.89 bits per heavy atom. The van der Waals surface area contributed by atoms with Crippen molar-refractivity contribution in [3.05, 3.63) is 22.2 Å². The largest absolute Gasteiger partial charge is 0.493 e. The second-order valence-corrected chi connectivity index (χ2v) is 5.69. The fraction of sp³-hybridized carbons (Fsp3) is 0.600. The van der Waals surface area contributed by atoms with E-state index >= 15 is 0 Å². The highest BCUT2D eigenvalue weighted by atomic mass is 35.5. The van der Waals surface area contributed by atoms with Gasteiger partial charge in [0.25, 0.3) is 0 Å². The van der Waals surface area contributed by atoms with Gasteiger partial charge in [-0.2, -0.15) is 0 Å². The lowest BCUT2D eigenvalue weighted by Crippen LogP contribution is -2.33. The van der Waals surface area contributed by atoms with Crippen LogP contribution in [0.3, 0.4) is 0 Å². The summed E-state index contributed by atoms with van der Waals surface area (Å²) in [5.41, 5.74) is 8.28. The highest BCUT2D eigenvalue weighted by Crippen LogP contribution is 2.50. The van der Waals surface area contributed by atoms with Gasteiger partial charge in [0.1, 0.15) is 0 Å². The lowest BCUT2D eigenvalue weighted by atomic mass is 9.76. The molecule has 2 N–H and O–H groups in total. The van der Waals surface area contributed by atoms with Gasteiger partial charge >= 0.3 is 0 Å². The molecule has 0 saturated heterocycles. The third-order valence-electron chi connectivity index (χ3n) is 4.35. The Balaban J connectivity index is 2.69. The van der Waals surface area contributed by atoms with E-state index in [1.54, 1.807) is 14.2 Å². The Morgan fingerprint density at radius 1 is 1.26 bits per heavy atom. The molecule has 0 spiro atoms. The van der Waals surface area contributed by atoms with Gasteiger partial charge in [-0.15, -0.1) is 0 Å². The van der Waals surface area contributed by atoms with Crippen LogP contribution in [0.1, 0.15) is 36.8 Å². The zero-order valence-electron chi connectivity index (χ0n) is 11.9. The van der Waals surface area contributed by atoms with Crippen LogP contribution in [0.15, 0.2) is 6.07 Å². The molecule has 0 amide bonds. The summed E-state index contributed by atoms with van der Waals surface area (Å²) in [4.78, 5) is 0. The number of hydrogen-bond donors (Lipinski definition) is 1. The van der Waals surface area contributed by atoms with Gasteiger partial charge in [-0.1, -0.05) is 24.4 Å². The van der Waals surface area contributed by atoms with E-state index in [9.17, 15) is 0 Å². The first kappa shape index (κ1) is 14.5. The average Bonchev–Trinajstić information content (AvgIpc) is 2.90. The molecular formula is C15H22ClNO2. The molecule has 1 aliphatic carbocycles. The van der Waals surface area contributed by atoms with Crippen molar-refractivity contribution in [3.8, 4) is 11.5 Å². The molecule has 1 fully saturated rings. The van der Waals surface area contributed by atoms with Crippen LogP contribution in [-0.4, -0.2) is 20.8 Å². The Bertz CT molecular complexity index is 468. The van der Waals surface area contributed by atoms with Crippen molar-refractivity contribution < 1.29 is 9.47 Å². The van der Waals surface area contributed by atoms with Gasteiger partial charge in [-0.25, -0.2) is 0 Å². The van der Waals surface area contributed by atoms with Gasteiger partial charge in [0.05, 0.1) is 14.2 Å². The average molecular weight is 284 g/mol. The Labute approximate surface area is 120 Å². The third-order valence-corrected chi connectivity index (χ3v) is 4.74. The zero-order valence-corrected chi connectivity index (χ0v) is 12.6. The SMILES string of the molecule is COc1cc(Cl)c(C)c(C2(CN)CCCC2)c1OC. The van der Waals surface area contributed by atoms with Crippen LogP contribution in [-0.2, 0) is 5.41 Å². The third kappa shape index (κ3) is 2.30. The molecule has 1 aromatic rings. The maximum Gasteiger partial charge on any atom is 0.164 e. The molecule has 1 aromatic carbocycles. The van der Waals surface area contributed by atoms with Crippen LogP contribution in [0.5, 0.6) is 11.5 Å². The summed E-state index contributed by atoms with van der Waals surface area (Å²) in [6.07, 6.45) is 4.58. The second-order valence-electron chi connectivity index (χ2n) is 5.29. The van der Waals surface area contributed by atoms with Crippen molar-refractivity contribution in [1.29, 1.82) is 0 Å². The first-order valence-electron chi connectivity index (χ1n) is 6.71. The molecule has 0 unspecified atom stereocenters. The Hall–Kier alpha value is -0.930. The quantitative estimate of drug-likeness (QED) is 0.921. The summed E-state index contributed by atoms with van der Waals surface area (Å²) in [5, 5.41) is 0.715. The Kier molecular flexibility index (Phi) is 4.26. The molecule has 1 aliphatic rings. The predicted octanol–water partition coefficient (Wildman–Crippen LogP) is 3.44. The molecule has 0 atom stereocenters. The van der Waals surface area contributed by atoms with E-state index in [0.717, 1.165) is 29.7 Å².